The lowest BCUT2D eigenvalue weighted by molar-refractivity contribution is -0.385. The van der Waals surface area contributed by atoms with Gasteiger partial charge < -0.3 is 14.8 Å². The van der Waals surface area contributed by atoms with E-state index in [4.69, 9.17) is 9.47 Å². The molecule has 0 radical (unpaired) electrons. The predicted octanol–water partition coefficient (Wildman–Crippen LogP) is 2.81. The number of hydrazone groups is 1. The maximum Gasteiger partial charge on any atom is 0.273 e. The Hall–Kier alpha value is -3.95. The van der Waals surface area contributed by atoms with Crippen LogP contribution in [0.15, 0.2) is 41.5 Å². The Labute approximate surface area is 172 Å². The number of hydrogen-bond acceptors (Lipinski definition) is 7. The van der Waals surface area contributed by atoms with Gasteiger partial charge in [-0.3, -0.25) is 19.7 Å². The van der Waals surface area contributed by atoms with Crippen LogP contribution in [-0.2, 0) is 4.79 Å². The minimum absolute atomic E-state index is 0.0529. The fraction of sp³-hybridized carbons (Fsp3) is 0.250. The Bertz CT molecular complexity index is 1030. The highest BCUT2D eigenvalue weighted by Gasteiger charge is 2.18. The molecule has 2 aromatic rings. The molecule has 0 aromatic heterocycles. The smallest absolute Gasteiger partial charge is 0.273 e. The quantitative estimate of drug-likeness (QED) is 0.426. The summed E-state index contributed by atoms with van der Waals surface area (Å²) >= 11 is 0. The molecule has 2 aromatic carbocycles. The SMILES string of the molecule is C/C(CC(=O)Nc1ccc2c(c1)OCCO2)=N/NC(=O)c1cccc([N+](=O)[O-])c1C. The Morgan fingerprint density at radius 2 is 1.90 bits per heavy atom. The van der Waals surface area contributed by atoms with Crippen LogP contribution < -0.4 is 20.2 Å². The van der Waals surface area contributed by atoms with Crippen molar-refractivity contribution in [2.45, 2.75) is 20.3 Å². The molecule has 0 atom stereocenters. The van der Waals surface area contributed by atoms with E-state index < -0.39 is 10.8 Å². The summed E-state index contributed by atoms with van der Waals surface area (Å²) in [4.78, 5) is 35.0. The van der Waals surface area contributed by atoms with Crippen molar-refractivity contribution >= 4 is 28.9 Å². The molecule has 1 aliphatic heterocycles. The zero-order chi connectivity index (χ0) is 21.7. The van der Waals surface area contributed by atoms with Gasteiger partial charge >= 0.3 is 0 Å². The van der Waals surface area contributed by atoms with Crippen LogP contribution in [-0.4, -0.2) is 35.7 Å². The number of nitro groups is 1. The van der Waals surface area contributed by atoms with Crippen molar-refractivity contribution in [3.05, 3.63) is 57.6 Å². The van der Waals surface area contributed by atoms with Gasteiger partial charge in [-0.1, -0.05) is 6.07 Å². The summed E-state index contributed by atoms with van der Waals surface area (Å²) in [6.07, 6.45) is -0.0529. The fourth-order valence-corrected chi connectivity index (χ4v) is 2.87. The van der Waals surface area contributed by atoms with E-state index in [2.05, 4.69) is 15.8 Å². The van der Waals surface area contributed by atoms with Crippen molar-refractivity contribution in [2.75, 3.05) is 18.5 Å². The van der Waals surface area contributed by atoms with Crippen molar-refractivity contribution in [2.24, 2.45) is 5.10 Å². The standard InChI is InChI=1S/C20H20N4O6/c1-12(22-23-20(26)15-4-3-5-16(13(15)2)24(27)28)10-19(25)21-14-6-7-17-18(11-14)30-9-8-29-17/h3-7,11H,8-10H2,1-2H3,(H,21,25)(H,23,26)/b22-12-. The third-order valence-electron chi connectivity index (χ3n) is 4.34. The van der Waals surface area contributed by atoms with E-state index in [1.165, 1.54) is 25.1 Å². The van der Waals surface area contributed by atoms with Crippen LogP contribution in [0.5, 0.6) is 11.5 Å². The maximum atomic E-state index is 12.3. The van der Waals surface area contributed by atoms with E-state index in [1.54, 1.807) is 25.1 Å². The summed E-state index contributed by atoms with van der Waals surface area (Å²) in [5, 5.41) is 17.6. The van der Waals surface area contributed by atoms with Crippen LogP contribution in [0.2, 0.25) is 0 Å². The molecule has 0 unspecified atom stereocenters. The first-order valence-electron chi connectivity index (χ1n) is 9.12. The molecular weight excluding hydrogens is 392 g/mol. The van der Waals surface area contributed by atoms with Gasteiger partial charge in [0, 0.05) is 29.1 Å². The average Bonchev–Trinajstić information content (AvgIpc) is 2.71. The van der Waals surface area contributed by atoms with Gasteiger partial charge in [0.25, 0.3) is 11.6 Å². The first-order valence-corrected chi connectivity index (χ1v) is 9.12. The highest BCUT2D eigenvalue weighted by Crippen LogP contribution is 2.32. The van der Waals surface area contributed by atoms with E-state index in [-0.39, 0.29) is 29.1 Å². The van der Waals surface area contributed by atoms with Gasteiger partial charge in [0.15, 0.2) is 11.5 Å². The van der Waals surface area contributed by atoms with Crippen molar-refractivity contribution in [1.82, 2.24) is 5.43 Å². The number of amides is 2. The van der Waals surface area contributed by atoms with Crippen LogP contribution in [0.1, 0.15) is 29.3 Å². The van der Waals surface area contributed by atoms with Crippen LogP contribution in [0, 0.1) is 17.0 Å². The predicted molar refractivity (Wildman–Crippen MR) is 109 cm³/mol. The normalized spacial score (nSPS) is 12.8. The Morgan fingerprint density at radius 1 is 1.17 bits per heavy atom. The second kappa shape index (κ2) is 9.03. The Balaban J connectivity index is 1.58. The van der Waals surface area contributed by atoms with Crippen molar-refractivity contribution in [3.63, 3.8) is 0 Å². The number of hydrogen-bond donors (Lipinski definition) is 2. The maximum absolute atomic E-state index is 12.3. The Kier molecular flexibility index (Phi) is 6.26. The molecule has 1 heterocycles. The number of nitro benzene ring substituents is 1. The molecule has 0 fully saturated rings. The van der Waals surface area contributed by atoms with Gasteiger partial charge in [-0.25, -0.2) is 5.43 Å². The average molecular weight is 412 g/mol. The Morgan fingerprint density at radius 3 is 2.63 bits per heavy atom. The lowest BCUT2D eigenvalue weighted by Crippen LogP contribution is -2.22. The van der Waals surface area contributed by atoms with Crippen molar-refractivity contribution in [1.29, 1.82) is 0 Å². The van der Waals surface area contributed by atoms with E-state index >= 15 is 0 Å². The molecule has 10 nitrogen and oxygen atoms in total. The van der Waals surface area contributed by atoms with E-state index in [0.717, 1.165) is 0 Å². The number of rotatable bonds is 6. The largest absolute Gasteiger partial charge is 0.486 e. The summed E-state index contributed by atoms with van der Waals surface area (Å²) in [5.41, 5.74) is 3.47. The molecule has 1 aliphatic rings. The number of carbonyl (C=O) groups excluding carboxylic acids is 2. The molecular formula is C20H20N4O6. The van der Waals surface area contributed by atoms with Crippen LogP contribution in [0.3, 0.4) is 0 Å². The highest BCUT2D eigenvalue weighted by atomic mass is 16.6. The van der Waals surface area contributed by atoms with Crippen LogP contribution >= 0.6 is 0 Å². The summed E-state index contributed by atoms with van der Waals surface area (Å²) in [5.74, 6) is 0.261. The van der Waals surface area contributed by atoms with Crippen molar-refractivity contribution in [3.8, 4) is 11.5 Å². The molecule has 0 aliphatic carbocycles. The molecule has 0 spiro atoms. The lowest BCUT2D eigenvalue weighted by Gasteiger charge is -2.19. The van der Waals surface area contributed by atoms with E-state index in [1.807, 2.05) is 0 Å². The second-order valence-corrected chi connectivity index (χ2v) is 6.58. The van der Waals surface area contributed by atoms with Gasteiger partial charge in [-0.2, -0.15) is 5.10 Å². The number of anilines is 1. The van der Waals surface area contributed by atoms with Gasteiger partial charge in [0.1, 0.15) is 13.2 Å². The van der Waals surface area contributed by atoms with Gasteiger partial charge in [-0.05, 0) is 32.0 Å². The van der Waals surface area contributed by atoms with Gasteiger partial charge in [0.05, 0.1) is 16.9 Å². The fourth-order valence-electron chi connectivity index (χ4n) is 2.87. The van der Waals surface area contributed by atoms with Crippen molar-refractivity contribution < 1.29 is 24.0 Å². The minimum Gasteiger partial charge on any atom is -0.486 e. The van der Waals surface area contributed by atoms with E-state index in [0.29, 0.717) is 36.1 Å². The molecule has 10 heteroatoms. The molecule has 0 bridgehead atoms. The van der Waals surface area contributed by atoms with Gasteiger partial charge in [-0.15, -0.1) is 0 Å². The second-order valence-electron chi connectivity index (χ2n) is 6.58. The van der Waals surface area contributed by atoms with Crippen LogP contribution in [0.4, 0.5) is 11.4 Å². The number of nitrogens with zero attached hydrogens (tertiary/aromatic N) is 2. The molecule has 2 N–H and O–H groups in total. The summed E-state index contributed by atoms with van der Waals surface area (Å²) in [6.45, 7) is 4.00. The monoisotopic (exact) mass is 412 g/mol. The lowest BCUT2D eigenvalue weighted by atomic mass is 10.1. The molecule has 0 saturated carbocycles. The molecule has 0 saturated heterocycles. The molecule has 3 rings (SSSR count). The zero-order valence-corrected chi connectivity index (χ0v) is 16.4. The number of carbonyl (C=O) groups is 2. The number of ether oxygens (including phenoxy) is 2. The zero-order valence-electron chi connectivity index (χ0n) is 16.4. The van der Waals surface area contributed by atoms with Crippen LogP contribution in [0.25, 0.3) is 0 Å². The minimum atomic E-state index is -0.595. The molecule has 30 heavy (non-hydrogen) atoms. The number of nitrogens with one attached hydrogen (secondary N) is 2. The highest BCUT2D eigenvalue weighted by molar-refractivity contribution is 6.06. The first kappa shape index (κ1) is 20.8. The molecule has 2 amide bonds. The number of benzene rings is 2. The summed E-state index contributed by atoms with van der Waals surface area (Å²) in [7, 11) is 0. The van der Waals surface area contributed by atoms with E-state index in [9.17, 15) is 19.7 Å². The number of fused-ring (bicyclic) bond motifs is 1. The topological polar surface area (TPSA) is 132 Å². The molecule has 156 valence electrons. The summed E-state index contributed by atoms with van der Waals surface area (Å²) < 4.78 is 10.9. The van der Waals surface area contributed by atoms with Gasteiger partial charge in [0.2, 0.25) is 5.91 Å². The third kappa shape index (κ3) is 4.90. The first-order chi connectivity index (χ1) is 14.3. The third-order valence-corrected chi connectivity index (χ3v) is 4.34. The summed E-state index contributed by atoms with van der Waals surface area (Å²) in [6, 6.07) is 9.31.